The summed E-state index contributed by atoms with van der Waals surface area (Å²) in [7, 11) is 0. The van der Waals surface area contributed by atoms with Crippen molar-refractivity contribution >= 4 is 69.8 Å². The van der Waals surface area contributed by atoms with Crippen LogP contribution in [0.4, 0.5) is 22.7 Å². The van der Waals surface area contributed by atoms with Crippen molar-refractivity contribution in [3.63, 3.8) is 0 Å². The van der Waals surface area contributed by atoms with Crippen molar-refractivity contribution in [2.45, 2.75) is 55.4 Å². The number of esters is 4. The van der Waals surface area contributed by atoms with Crippen molar-refractivity contribution in [1.82, 2.24) is 0 Å². The number of ketones is 4. The van der Waals surface area contributed by atoms with Crippen molar-refractivity contribution in [3.8, 4) is 0 Å². The second-order valence-electron chi connectivity index (χ2n) is 9.86. The molecule has 0 radical (unpaired) electrons. The normalized spacial score (nSPS) is 11.8. The molecule has 0 spiro atoms. The molecule has 0 aliphatic rings. The molecule has 0 saturated heterocycles. The number of hydrogen-bond donors (Lipinski definition) is 4. The van der Waals surface area contributed by atoms with E-state index in [0.29, 0.717) is 0 Å². The van der Waals surface area contributed by atoms with E-state index in [9.17, 15) is 38.4 Å². The van der Waals surface area contributed by atoms with Crippen LogP contribution in [0.2, 0.25) is 0 Å². The van der Waals surface area contributed by atoms with E-state index in [1.54, 1.807) is 27.7 Å². The zero-order chi connectivity index (χ0) is 38.0. The van der Waals surface area contributed by atoms with Gasteiger partial charge in [0.1, 0.15) is 22.3 Å². The molecule has 0 heterocycles. The Morgan fingerprint density at radius 1 is 0.420 bits per heavy atom. The maximum absolute atomic E-state index is 12.5. The molecule has 16 nitrogen and oxygen atoms in total. The van der Waals surface area contributed by atoms with E-state index in [1.807, 2.05) is 0 Å². The first-order valence-corrected chi connectivity index (χ1v) is 15.4. The molecule has 0 aliphatic carbocycles. The summed E-state index contributed by atoms with van der Waals surface area (Å²) in [6.45, 7) is 10.8. The minimum Gasteiger partial charge on any atom is -0.462 e. The lowest BCUT2D eigenvalue weighted by molar-refractivity contribution is -0.141. The highest BCUT2D eigenvalue weighted by atomic mass is 16.5. The third kappa shape index (κ3) is 12.9. The predicted molar refractivity (Wildman–Crippen MR) is 183 cm³/mol. The number of benzene rings is 1. The van der Waals surface area contributed by atoms with Gasteiger partial charge in [-0.2, -0.15) is 0 Å². The summed E-state index contributed by atoms with van der Waals surface area (Å²) in [5, 5.41) is 11.3. The number of anilines is 4. The Kier molecular flexibility index (Phi) is 17.6. The van der Waals surface area contributed by atoms with E-state index >= 15 is 0 Å². The van der Waals surface area contributed by atoms with Gasteiger partial charge in [0, 0.05) is 24.8 Å². The number of nitrogens with one attached hydrogen (secondary N) is 4. The molecule has 0 atom stereocenters. The largest absolute Gasteiger partial charge is 0.462 e. The van der Waals surface area contributed by atoms with Crippen LogP contribution in [0.3, 0.4) is 0 Å². The fourth-order valence-electron chi connectivity index (χ4n) is 3.73. The van der Waals surface area contributed by atoms with Gasteiger partial charge in [0.15, 0.2) is 23.1 Å². The molecule has 0 aromatic heterocycles. The summed E-state index contributed by atoms with van der Waals surface area (Å²) in [5.41, 5.74) is -1.04. The van der Waals surface area contributed by atoms with Crippen LogP contribution >= 0.6 is 0 Å². The molecule has 270 valence electrons. The Bertz CT molecular complexity index is 1400. The fourth-order valence-corrected chi connectivity index (χ4v) is 3.73. The zero-order valence-corrected chi connectivity index (χ0v) is 29.2. The van der Waals surface area contributed by atoms with E-state index in [-0.39, 0.29) is 71.5 Å². The first kappa shape index (κ1) is 42.0. The minimum atomic E-state index is -0.913. The van der Waals surface area contributed by atoms with E-state index < -0.39 is 47.0 Å². The Labute approximate surface area is 289 Å². The molecule has 0 aliphatic heterocycles. The molecule has 1 aromatic rings. The smallest absolute Gasteiger partial charge is 0.343 e. The van der Waals surface area contributed by atoms with Crippen LogP contribution in [0.5, 0.6) is 0 Å². The third-order valence-electron chi connectivity index (χ3n) is 6.14. The molecule has 50 heavy (non-hydrogen) atoms. The molecule has 1 rings (SSSR count). The molecule has 0 unspecified atom stereocenters. The first-order chi connectivity index (χ1) is 23.6. The summed E-state index contributed by atoms with van der Waals surface area (Å²) in [6, 6.07) is 2.75. The van der Waals surface area contributed by atoms with Crippen LogP contribution in [0.1, 0.15) is 55.4 Å². The predicted octanol–water partition coefficient (Wildman–Crippen LogP) is 3.48. The monoisotopic (exact) mass is 698 g/mol. The maximum Gasteiger partial charge on any atom is 0.343 e. The van der Waals surface area contributed by atoms with Crippen molar-refractivity contribution in [3.05, 3.63) is 59.2 Å². The van der Waals surface area contributed by atoms with Gasteiger partial charge in [0.05, 0.1) is 49.2 Å². The Morgan fingerprint density at radius 3 is 0.740 bits per heavy atom. The lowest BCUT2D eigenvalue weighted by Crippen LogP contribution is -2.17. The standard InChI is InChI=1S/C34H42N4O12/c1-9-47-31(43)23(19(5)39)15-35-27-13-29(37-17-25(21(7)41)33(45)49-11-3)30(38-18-26(22(8)42)34(46)50-12-4)14-28(27)36-16-24(20(6)40)32(44)48-10-2/h13-18,35-38H,9-12H2,1-8H3/b23-15-,24-16+,25-17+,26-18-. The van der Waals surface area contributed by atoms with Gasteiger partial charge >= 0.3 is 23.9 Å². The fraction of sp³-hybridized carbons (Fsp3) is 0.353. The molecule has 1 aromatic carbocycles. The van der Waals surface area contributed by atoms with Crippen LogP contribution in [-0.4, -0.2) is 73.4 Å². The van der Waals surface area contributed by atoms with E-state index in [1.165, 1.54) is 12.1 Å². The van der Waals surface area contributed by atoms with Crippen molar-refractivity contribution < 1.29 is 57.3 Å². The highest BCUT2D eigenvalue weighted by molar-refractivity contribution is 6.18. The van der Waals surface area contributed by atoms with Crippen molar-refractivity contribution in [2.24, 2.45) is 0 Å². The SMILES string of the molecule is CCOC(=O)/C(=C\Nc1cc(N/C=C(\C(C)=O)C(=O)OCC)c(N/C=C(/C(C)=O)C(=O)OCC)cc1N/C=C(\C(C)=O)C(=O)OCC)C(C)=O. The zero-order valence-electron chi connectivity index (χ0n) is 29.2. The Hall–Kier alpha value is -6.06. The molecular formula is C34H42N4O12. The Balaban J connectivity index is 4.14. The van der Waals surface area contributed by atoms with Gasteiger partial charge in [-0.25, -0.2) is 19.2 Å². The van der Waals surface area contributed by atoms with Crippen LogP contribution in [0.25, 0.3) is 0 Å². The molecular weight excluding hydrogens is 656 g/mol. The highest BCUT2D eigenvalue weighted by Crippen LogP contribution is 2.35. The quantitative estimate of drug-likeness (QED) is 0.0503. The third-order valence-corrected chi connectivity index (χ3v) is 6.14. The maximum atomic E-state index is 12.5. The minimum absolute atomic E-state index is 0.00990. The number of Topliss-reactive ketones (excluding diaryl/α,β-unsaturated/α-hetero) is 4. The summed E-state index contributed by atoms with van der Waals surface area (Å²) in [5.74, 6) is -6.18. The van der Waals surface area contributed by atoms with Gasteiger partial charge in [-0.05, 0) is 67.5 Å². The molecule has 0 amide bonds. The number of hydrogen-bond acceptors (Lipinski definition) is 16. The van der Waals surface area contributed by atoms with E-state index in [0.717, 1.165) is 52.5 Å². The van der Waals surface area contributed by atoms with Gasteiger partial charge in [0.2, 0.25) is 0 Å². The van der Waals surface area contributed by atoms with Crippen LogP contribution < -0.4 is 21.3 Å². The number of rotatable bonds is 20. The van der Waals surface area contributed by atoms with Gasteiger partial charge < -0.3 is 40.2 Å². The molecule has 0 fully saturated rings. The molecule has 16 heteroatoms. The summed E-state index contributed by atoms with van der Waals surface area (Å²) in [6.07, 6.45) is 4.29. The van der Waals surface area contributed by atoms with Crippen LogP contribution in [0.15, 0.2) is 59.2 Å². The highest BCUT2D eigenvalue weighted by Gasteiger charge is 2.21. The number of carbonyl (C=O) groups excluding carboxylic acids is 8. The average molecular weight is 699 g/mol. The lowest BCUT2D eigenvalue weighted by atomic mass is 10.1. The molecule has 4 N–H and O–H groups in total. The summed E-state index contributed by atoms with van der Waals surface area (Å²) >= 11 is 0. The van der Waals surface area contributed by atoms with Crippen molar-refractivity contribution in [2.75, 3.05) is 47.7 Å². The second kappa shape index (κ2) is 21.0. The first-order valence-electron chi connectivity index (χ1n) is 15.4. The molecule has 0 bridgehead atoms. The number of ether oxygens (including phenoxy) is 4. The Morgan fingerprint density at radius 2 is 0.600 bits per heavy atom. The van der Waals surface area contributed by atoms with Crippen LogP contribution in [0, 0.1) is 0 Å². The lowest BCUT2D eigenvalue weighted by Gasteiger charge is -2.18. The summed E-state index contributed by atoms with van der Waals surface area (Å²) in [4.78, 5) is 98.9. The second-order valence-corrected chi connectivity index (χ2v) is 9.86. The van der Waals surface area contributed by atoms with Gasteiger partial charge in [-0.3, -0.25) is 19.2 Å². The molecule has 0 saturated carbocycles. The van der Waals surface area contributed by atoms with E-state index in [2.05, 4.69) is 21.3 Å². The topological polar surface area (TPSA) is 222 Å². The van der Waals surface area contributed by atoms with Gasteiger partial charge in [-0.1, -0.05) is 0 Å². The van der Waals surface area contributed by atoms with E-state index in [4.69, 9.17) is 18.9 Å². The van der Waals surface area contributed by atoms with Gasteiger partial charge in [0.25, 0.3) is 0 Å². The van der Waals surface area contributed by atoms with Crippen LogP contribution in [-0.2, 0) is 57.3 Å². The van der Waals surface area contributed by atoms with Gasteiger partial charge in [-0.15, -0.1) is 0 Å². The van der Waals surface area contributed by atoms with Crippen molar-refractivity contribution in [1.29, 1.82) is 0 Å². The summed E-state index contributed by atoms with van der Waals surface area (Å²) < 4.78 is 19.8. The average Bonchev–Trinajstić information content (AvgIpc) is 3.02. The number of carbonyl (C=O) groups is 8.